The van der Waals surface area contributed by atoms with Gasteiger partial charge < -0.3 is 14.5 Å². The number of aromatic nitrogens is 3. The number of nitrogens with zero attached hydrogens (tertiary/aromatic N) is 3. The summed E-state index contributed by atoms with van der Waals surface area (Å²) in [6.45, 7) is 8.25. The standard InChI is InChI=1S/C24H23BrN4O3S/c1-5-9-29-23(19-12-16-7-6-8-18(31-4)22(16)32-19)27-28-24(29)33-13-20(30)26-21-14(2)10-17(25)11-15(21)3/h5-8,10-12H,1,9,13H2,2-4H3,(H,26,30). The number of carbonyl (C=O) groups is 1. The van der Waals surface area contributed by atoms with Crippen LogP contribution in [0, 0.1) is 13.8 Å². The molecule has 1 N–H and O–H groups in total. The van der Waals surface area contributed by atoms with Gasteiger partial charge in [0.1, 0.15) is 0 Å². The summed E-state index contributed by atoms with van der Waals surface area (Å²) in [4.78, 5) is 12.7. The molecular weight excluding hydrogens is 504 g/mol. The summed E-state index contributed by atoms with van der Waals surface area (Å²) in [6, 6.07) is 11.6. The molecule has 2 heterocycles. The number of hydrogen-bond acceptors (Lipinski definition) is 6. The van der Waals surface area contributed by atoms with Crippen molar-refractivity contribution in [2.75, 3.05) is 18.2 Å². The third kappa shape index (κ3) is 4.84. The van der Waals surface area contributed by atoms with E-state index >= 15 is 0 Å². The van der Waals surface area contributed by atoms with Crippen molar-refractivity contribution in [3.63, 3.8) is 0 Å². The first-order valence-corrected chi connectivity index (χ1v) is 12.0. The number of amides is 1. The lowest BCUT2D eigenvalue weighted by molar-refractivity contribution is -0.113. The summed E-state index contributed by atoms with van der Waals surface area (Å²) in [5.74, 6) is 1.87. The van der Waals surface area contributed by atoms with E-state index in [1.807, 2.05) is 54.8 Å². The number of rotatable bonds is 8. The van der Waals surface area contributed by atoms with Gasteiger partial charge in [-0.05, 0) is 49.2 Å². The summed E-state index contributed by atoms with van der Waals surface area (Å²) in [6.07, 6.45) is 1.76. The van der Waals surface area contributed by atoms with Crippen molar-refractivity contribution in [3.8, 4) is 17.3 Å². The van der Waals surface area contributed by atoms with Gasteiger partial charge in [-0.1, -0.05) is 45.9 Å². The zero-order valence-electron chi connectivity index (χ0n) is 18.5. The van der Waals surface area contributed by atoms with E-state index in [0.29, 0.717) is 34.6 Å². The van der Waals surface area contributed by atoms with E-state index in [2.05, 4.69) is 38.0 Å². The van der Waals surface area contributed by atoms with Crippen LogP contribution in [0.3, 0.4) is 0 Å². The van der Waals surface area contributed by atoms with Crippen LogP contribution in [0.25, 0.3) is 22.6 Å². The minimum absolute atomic E-state index is 0.114. The number of allylic oxidation sites excluding steroid dienone is 1. The molecule has 4 aromatic rings. The molecule has 0 spiro atoms. The minimum Gasteiger partial charge on any atom is -0.493 e. The first-order valence-electron chi connectivity index (χ1n) is 10.2. The van der Waals surface area contributed by atoms with Crippen LogP contribution in [0.4, 0.5) is 5.69 Å². The van der Waals surface area contributed by atoms with Crippen molar-refractivity contribution in [3.05, 3.63) is 64.7 Å². The van der Waals surface area contributed by atoms with Crippen molar-refractivity contribution >= 4 is 50.3 Å². The van der Waals surface area contributed by atoms with E-state index in [1.165, 1.54) is 11.8 Å². The number of anilines is 1. The molecule has 0 saturated heterocycles. The number of thioether (sulfide) groups is 1. The molecule has 0 fully saturated rings. The molecule has 0 unspecified atom stereocenters. The second-order valence-corrected chi connectivity index (χ2v) is 9.30. The van der Waals surface area contributed by atoms with E-state index in [9.17, 15) is 4.79 Å². The van der Waals surface area contributed by atoms with Crippen LogP contribution < -0.4 is 10.1 Å². The predicted molar refractivity (Wildman–Crippen MR) is 135 cm³/mol. The number of carbonyl (C=O) groups excluding carboxylic acids is 1. The first kappa shape index (κ1) is 23.1. The third-order valence-electron chi connectivity index (χ3n) is 5.07. The molecule has 0 saturated carbocycles. The number of halogens is 1. The van der Waals surface area contributed by atoms with Crippen molar-refractivity contribution in [1.29, 1.82) is 0 Å². The number of nitrogens with one attached hydrogen (secondary N) is 1. The Bertz CT molecular complexity index is 1320. The summed E-state index contributed by atoms with van der Waals surface area (Å²) in [5.41, 5.74) is 3.47. The van der Waals surface area contributed by atoms with Gasteiger partial charge in [0.25, 0.3) is 0 Å². The smallest absolute Gasteiger partial charge is 0.234 e. The van der Waals surface area contributed by atoms with Gasteiger partial charge in [0.15, 0.2) is 22.2 Å². The molecule has 0 aliphatic rings. The van der Waals surface area contributed by atoms with E-state index in [1.54, 1.807) is 13.2 Å². The Labute approximate surface area is 204 Å². The van der Waals surface area contributed by atoms with E-state index < -0.39 is 0 Å². The van der Waals surface area contributed by atoms with Gasteiger partial charge in [-0.2, -0.15) is 0 Å². The van der Waals surface area contributed by atoms with E-state index in [0.717, 1.165) is 26.7 Å². The maximum absolute atomic E-state index is 12.7. The van der Waals surface area contributed by atoms with Gasteiger partial charge >= 0.3 is 0 Å². The molecule has 170 valence electrons. The molecule has 4 rings (SSSR count). The number of hydrogen-bond donors (Lipinski definition) is 1. The second kappa shape index (κ2) is 9.84. The Morgan fingerprint density at radius 1 is 1.27 bits per heavy atom. The Morgan fingerprint density at radius 2 is 2.03 bits per heavy atom. The van der Waals surface area contributed by atoms with Crippen LogP contribution in [-0.4, -0.2) is 33.5 Å². The number of fused-ring (bicyclic) bond motifs is 1. The molecule has 0 radical (unpaired) electrons. The SMILES string of the molecule is C=CCn1c(SCC(=O)Nc2c(C)cc(Br)cc2C)nnc1-c1cc2cccc(OC)c2o1. The Hall–Kier alpha value is -3.04. The van der Waals surface area contributed by atoms with Crippen molar-refractivity contribution in [1.82, 2.24) is 14.8 Å². The lowest BCUT2D eigenvalue weighted by Gasteiger charge is -2.12. The maximum atomic E-state index is 12.7. The topological polar surface area (TPSA) is 82.2 Å². The average molecular weight is 527 g/mol. The fourth-order valence-electron chi connectivity index (χ4n) is 3.59. The zero-order chi connectivity index (χ0) is 23.5. The van der Waals surface area contributed by atoms with Crippen LogP contribution in [0.2, 0.25) is 0 Å². The summed E-state index contributed by atoms with van der Waals surface area (Å²) in [7, 11) is 1.61. The Kier molecular flexibility index (Phi) is 6.90. The molecule has 0 bridgehead atoms. The van der Waals surface area contributed by atoms with E-state index in [-0.39, 0.29) is 11.7 Å². The van der Waals surface area contributed by atoms with Gasteiger partial charge in [0.05, 0.1) is 12.9 Å². The molecule has 2 aromatic heterocycles. The maximum Gasteiger partial charge on any atom is 0.234 e. The molecule has 1 amide bonds. The lowest BCUT2D eigenvalue weighted by atomic mass is 10.1. The van der Waals surface area contributed by atoms with Crippen molar-refractivity contribution in [2.24, 2.45) is 0 Å². The van der Waals surface area contributed by atoms with Gasteiger partial charge in [0.2, 0.25) is 11.7 Å². The third-order valence-corrected chi connectivity index (χ3v) is 6.50. The van der Waals surface area contributed by atoms with Crippen molar-refractivity contribution in [2.45, 2.75) is 25.5 Å². The number of benzene rings is 2. The largest absolute Gasteiger partial charge is 0.493 e. The number of ether oxygens (including phenoxy) is 1. The number of furan rings is 1. The fraction of sp³-hybridized carbons (Fsp3) is 0.208. The Balaban J connectivity index is 1.55. The highest BCUT2D eigenvalue weighted by Gasteiger charge is 2.19. The summed E-state index contributed by atoms with van der Waals surface area (Å²) in [5, 5.41) is 13.2. The number of methoxy groups -OCH3 is 1. The number of aryl methyl sites for hydroxylation is 2. The van der Waals surface area contributed by atoms with Crippen molar-refractivity contribution < 1.29 is 13.9 Å². The van der Waals surface area contributed by atoms with Crippen LogP contribution in [0.5, 0.6) is 5.75 Å². The van der Waals surface area contributed by atoms with Crippen LogP contribution >= 0.6 is 27.7 Å². The predicted octanol–water partition coefficient (Wildman–Crippen LogP) is 6.00. The van der Waals surface area contributed by atoms with Gasteiger partial charge in [-0.25, -0.2) is 0 Å². The summed E-state index contributed by atoms with van der Waals surface area (Å²) < 4.78 is 14.3. The van der Waals surface area contributed by atoms with Gasteiger partial charge in [0, 0.05) is 22.1 Å². The number of para-hydroxylation sites is 1. The summed E-state index contributed by atoms with van der Waals surface area (Å²) >= 11 is 4.79. The van der Waals surface area contributed by atoms with E-state index in [4.69, 9.17) is 9.15 Å². The lowest BCUT2D eigenvalue weighted by Crippen LogP contribution is -2.16. The molecule has 9 heteroatoms. The molecule has 0 atom stereocenters. The quantitative estimate of drug-likeness (QED) is 0.224. The molecule has 0 aliphatic heterocycles. The second-order valence-electron chi connectivity index (χ2n) is 7.45. The average Bonchev–Trinajstić information content (AvgIpc) is 3.38. The van der Waals surface area contributed by atoms with Crippen LogP contribution in [-0.2, 0) is 11.3 Å². The normalized spacial score (nSPS) is 11.0. The minimum atomic E-state index is -0.114. The Morgan fingerprint density at radius 3 is 2.73 bits per heavy atom. The van der Waals surface area contributed by atoms with Gasteiger partial charge in [-0.3, -0.25) is 9.36 Å². The highest BCUT2D eigenvalue weighted by molar-refractivity contribution is 9.10. The van der Waals surface area contributed by atoms with Gasteiger partial charge in [-0.15, -0.1) is 16.8 Å². The monoisotopic (exact) mass is 526 g/mol. The molecule has 2 aromatic carbocycles. The molecule has 33 heavy (non-hydrogen) atoms. The fourth-order valence-corrected chi connectivity index (χ4v) is 5.03. The first-order chi connectivity index (χ1) is 15.9. The zero-order valence-corrected chi connectivity index (χ0v) is 20.9. The van der Waals surface area contributed by atoms with Crippen LogP contribution in [0.1, 0.15) is 11.1 Å². The highest BCUT2D eigenvalue weighted by Crippen LogP contribution is 2.34. The van der Waals surface area contributed by atoms with Crippen LogP contribution in [0.15, 0.2) is 63.1 Å². The molecule has 0 aliphatic carbocycles. The molecular formula is C24H23BrN4O3S. The molecule has 7 nitrogen and oxygen atoms in total. The highest BCUT2D eigenvalue weighted by atomic mass is 79.9.